The molecule has 45 heavy (non-hydrogen) atoms. The second-order valence-corrected chi connectivity index (χ2v) is 11.8. The number of rotatable bonds is 10. The Labute approximate surface area is 259 Å². The number of thioether (sulfide) groups is 1. The average molecular weight is 647 g/mol. The number of hydrogen-bond donors (Lipinski definition) is 4. The summed E-state index contributed by atoms with van der Waals surface area (Å²) in [4.78, 5) is 91.9. The van der Waals surface area contributed by atoms with Crippen LogP contribution in [0.1, 0.15) is 33.6 Å². The molecule has 5 N–H and O–H groups in total. The van der Waals surface area contributed by atoms with Crippen molar-refractivity contribution >= 4 is 53.2 Å². The second kappa shape index (κ2) is 12.2. The van der Waals surface area contributed by atoms with Crippen LogP contribution in [0, 0.1) is 5.41 Å². The average Bonchev–Trinajstić information content (AvgIpc) is 3.26. The van der Waals surface area contributed by atoms with E-state index in [1.807, 2.05) is 0 Å². The Morgan fingerprint density at radius 2 is 1.73 bits per heavy atom. The Bertz CT molecular complexity index is 1490. The predicted octanol–water partition coefficient (Wildman–Crippen LogP) is -0.574. The van der Waals surface area contributed by atoms with Crippen LogP contribution >= 0.6 is 11.8 Å². The van der Waals surface area contributed by atoms with Crippen molar-refractivity contribution in [2.75, 3.05) is 45.8 Å². The van der Waals surface area contributed by atoms with Gasteiger partial charge in [0.05, 0.1) is 19.3 Å². The number of aliphatic carboxylic acids is 2. The summed E-state index contributed by atoms with van der Waals surface area (Å²) in [6.07, 6.45) is -1.66. The molecule has 0 saturated carbocycles. The van der Waals surface area contributed by atoms with Crippen LogP contribution in [-0.2, 0) is 33.4 Å². The lowest BCUT2D eigenvalue weighted by atomic mass is 9.77. The zero-order chi connectivity index (χ0) is 32.7. The molecule has 1 aliphatic carbocycles. The van der Waals surface area contributed by atoms with Gasteiger partial charge < -0.3 is 40.4 Å². The monoisotopic (exact) mass is 646 g/mol. The standard InChI is InChI=1S/C28H30N4O12S/c1-42-28(30-21(35)17(29)6-7-27(25(39)40)19(33)15-4-2-3-5-16(15)20(27)34)23(38)32-18(22(36)37)14(13-45-24(28)32)12-44-26(41)31-8-10-43-11-9-31/h2-5,17,24H,6-13,29H2,1H3,(H,30,35)(H,36,37)(H,39,40)/t17?,24-,28-/m0/s1. The van der Waals surface area contributed by atoms with E-state index >= 15 is 0 Å². The molecule has 17 heteroatoms. The fraction of sp³-hybridized carbons (Fsp3) is 0.464. The largest absolute Gasteiger partial charge is 0.480 e. The first-order valence-corrected chi connectivity index (χ1v) is 14.9. The molecule has 240 valence electrons. The van der Waals surface area contributed by atoms with Crippen molar-refractivity contribution in [2.45, 2.75) is 30.0 Å². The molecule has 0 bridgehead atoms. The Hall–Kier alpha value is -4.32. The van der Waals surface area contributed by atoms with Crippen LogP contribution in [0.3, 0.4) is 0 Å². The summed E-state index contributed by atoms with van der Waals surface area (Å²) in [6, 6.07) is 4.23. The maximum Gasteiger partial charge on any atom is 0.410 e. The van der Waals surface area contributed by atoms with Gasteiger partial charge in [-0.3, -0.25) is 28.9 Å². The lowest BCUT2D eigenvalue weighted by Crippen LogP contribution is -2.81. The minimum Gasteiger partial charge on any atom is -0.480 e. The Kier molecular flexibility index (Phi) is 8.72. The SMILES string of the molecule is CO[C@@]1(NC(=O)C(N)CCC2(C(=O)O)C(=O)c3ccccc3C2=O)C(=O)N2C(C(=O)O)=C(COC(=O)N3CCOCC3)CS[C@H]21. The van der Waals surface area contributed by atoms with Gasteiger partial charge in [-0.15, -0.1) is 11.8 Å². The maximum atomic E-state index is 13.4. The van der Waals surface area contributed by atoms with Gasteiger partial charge >= 0.3 is 18.0 Å². The molecule has 0 aromatic heterocycles. The maximum absolute atomic E-state index is 13.4. The lowest BCUT2D eigenvalue weighted by Gasteiger charge is -2.55. The number of morpholine rings is 1. The number of amides is 3. The fourth-order valence-electron chi connectivity index (χ4n) is 5.79. The summed E-state index contributed by atoms with van der Waals surface area (Å²) in [6.45, 7) is 0.946. The number of nitrogens with zero attached hydrogens (tertiary/aromatic N) is 2. The summed E-state index contributed by atoms with van der Waals surface area (Å²) < 4.78 is 15.9. The number of carboxylic acid groups (broad SMARTS) is 2. The van der Waals surface area contributed by atoms with E-state index in [-0.39, 0.29) is 29.1 Å². The molecular weight excluding hydrogens is 616 g/mol. The van der Waals surface area contributed by atoms with Gasteiger partial charge in [0.1, 0.15) is 17.7 Å². The van der Waals surface area contributed by atoms with Gasteiger partial charge in [-0.25, -0.2) is 9.59 Å². The number of methoxy groups -OCH3 is 1. The number of Topliss-reactive ketones (excluding diaryl/α,β-unsaturated/α-hetero) is 2. The van der Waals surface area contributed by atoms with E-state index in [2.05, 4.69) is 5.32 Å². The topological polar surface area (TPSA) is 232 Å². The van der Waals surface area contributed by atoms with Crippen LogP contribution < -0.4 is 11.1 Å². The lowest BCUT2D eigenvalue weighted by molar-refractivity contribution is -0.192. The van der Waals surface area contributed by atoms with E-state index in [0.29, 0.717) is 26.3 Å². The highest BCUT2D eigenvalue weighted by atomic mass is 32.2. The zero-order valence-electron chi connectivity index (χ0n) is 24.0. The number of nitrogens with two attached hydrogens (primary N) is 1. The second-order valence-electron chi connectivity index (χ2n) is 10.7. The fourth-order valence-corrected chi connectivity index (χ4v) is 7.21. The number of carboxylic acids is 2. The van der Waals surface area contributed by atoms with E-state index in [4.69, 9.17) is 19.9 Å². The normalized spacial score (nSPS) is 24.4. The van der Waals surface area contributed by atoms with Crippen LogP contribution in [0.4, 0.5) is 4.79 Å². The summed E-state index contributed by atoms with van der Waals surface area (Å²) >= 11 is 1.06. The molecule has 16 nitrogen and oxygen atoms in total. The molecule has 0 spiro atoms. The van der Waals surface area contributed by atoms with Gasteiger partial charge in [-0.2, -0.15) is 0 Å². The molecule has 2 saturated heterocycles. The van der Waals surface area contributed by atoms with E-state index in [0.717, 1.165) is 23.8 Å². The van der Waals surface area contributed by atoms with Crippen LogP contribution in [0.5, 0.6) is 0 Å². The van der Waals surface area contributed by atoms with Crippen LogP contribution in [0.2, 0.25) is 0 Å². The zero-order valence-corrected chi connectivity index (χ0v) is 24.8. The molecular formula is C28H30N4O12S. The number of nitrogens with one attached hydrogen (secondary N) is 1. The van der Waals surface area contributed by atoms with Crippen molar-refractivity contribution in [3.8, 4) is 0 Å². The molecule has 3 amide bonds. The van der Waals surface area contributed by atoms with Crippen molar-refractivity contribution in [1.82, 2.24) is 15.1 Å². The van der Waals surface area contributed by atoms with Gasteiger partial charge in [0.25, 0.3) is 11.6 Å². The van der Waals surface area contributed by atoms with Crippen LogP contribution in [-0.4, -0.2) is 124 Å². The molecule has 2 fully saturated rings. The molecule has 1 aromatic carbocycles. The van der Waals surface area contributed by atoms with Crippen molar-refractivity contribution < 1.29 is 58.0 Å². The number of β-lactam (4-membered cyclic amide) rings is 1. The molecule has 0 radical (unpaired) electrons. The number of ketones is 2. The van der Waals surface area contributed by atoms with E-state index in [1.54, 1.807) is 0 Å². The Balaban J connectivity index is 1.27. The highest BCUT2D eigenvalue weighted by molar-refractivity contribution is 8.00. The quantitative estimate of drug-likeness (QED) is 0.142. The number of hydrogen-bond acceptors (Lipinski definition) is 12. The van der Waals surface area contributed by atoms with Crippen molar-refractivity contribution in [2.24, 2.45) is 11.1 Å². The first-order chi connectivity index (χ1) is 21.4. The number of carbonyl (C=O) groups is 7. The molecule has 3 heterocycles. The van der Waals surface area contributed by atoms with Crippen molar-refractivity contribution in [3.05, 3.63) is 46.7 Å². The number of benzene rings is 1. The molecule has 3 atom stereocenters. The van der Waals surface area contributed by atoms with Gasteiger partial charge in [-0.1, -0.05) is 24.3 Å². The van der Waals surface area contributed by atoms with Crippen molar-refractivity contribution in [1.29, 1.82) is 0 Å². The third-order valence-electron chi connectivity index (χ3n) is 8.31. The molecule has 3 aliphatic heterocycles. The predicted molar refractivity (Wildman–Crippen MR) is 152 cm³/mol. The first kappa shape index (κ1) is 32.1. The van der Waals surface area contributed by atoms with E-state index in [1.165, 1.54) is 29.2 Å². The molecule has 1 unspecified atom stereocenters. The summed E-state index contributed by atoms with van der Waals surface area (Å²) in [5, 5.41) is 21.3. The number of fused-ring (bicyclic) bond motifs is 2. The summed E-state index contributed by atoms with van der Waals surface area (Å²) in [7, 11) is 1.14. The van der Waals surface area contributed by atoms with Gasteiger partial charge in [-0.05, 0) is 12.8 Å². The van der Waals surface area contributed by atoms with E-state index in [9.17, 15) is 43.8 Å². The smallest absolute Gasteiger partial charge is 0.410 e. The summed E-state index contributed by atoms with van der Waals surface area (Å²) in [5.41, 5.74) is 1.27. The van der Waals surface area contributed by atoms with Crippen LogP contribution in [0.25, 0.3) is 0 Å². The number of ether oxygens (including phenoxy) is 3. The molecule has 4 aliphatic rings. The molecule has 5 rings (SSSR count). The minimum atomic E-state index is -2.45. The Morgan fingerprint density at radius 3 is 2.29 bits per heavy atom. The van der Waals surface area contributed by atoms with Gasteiger partial charge in [0, 0.05) is 42.7 Å². The minimum absolute atomic E-state index is 0.0193. The Morgan fingerprint density at radius 1 is 1.11 bits per heavy atom. The molecule has 1 aromatic rings. The van der Waals surface area contributed by atoms with Gasteiger partial charge in [0.15, 0.2) is 17.0 Å². The summed E-state index contributed by atoms with van der Waals surface area (Å²) in [5.74, 6) is -6.78. The van der Waals surface area contributed by atoms with E-state index < -0.39 is 82.5 Å². The van der Waals surface area contributed by atoms with Crippen molar-refractivity contribution in [3.63, 3.8) is 0 Å². The third-order valence-corrected chi connectivity index (χ3v) is 9.68. The number of carbonyl (C=O) groups excluding carboxylic acids is 5. The first-order valence-electron chi connectivity index (χ1n) is 13.9. The highest BCUT2D eigenvalue weighted by Crippen LogP contribution is 2.47. The highest BCUT2D eigenvalue weighted by Gasteiger charge is 2.67. The third kappa shape index (κ3) is 5.14. The van der Waals surface area contributed by atoms with Gasteiger partial charge in [0.2, 0.25) is 5.91 Å². The van der Waals surface area contributed by atoms with Crippen LogP contribution in [0.15, 0.2) is 35.5 Å².